The predicted molar refractivity (Wildman–Crippen MR) is 62.1 cm³/mol. The van der Waals surface area contributed by atoms with Crippen LogP contribution < -0.4 is 16.8 Å². The Kier molecular flexibility index (Phi) is 3.00. The third kappa shape index (κ3) is 1.96. The Bertz CT molecular complexity index is 372. The molecule has 0 amide bonds. The molecule has 5 heteroatoms. The van der Waals surface area contributed by atoms with Gasteiger partial charge in [-0.2, -0.15) is 5.26 Å². The number of nitriles is 1. The summed E-state index contributed by atoms with van der Waals surface area (Å²) >= 11 is 0. The summed E-state index contributed by atoms with van der Waals surface area (Å²) in [7, 11) is 0. The maximum atomic E-state index is 8.94. The van der Waals surface area contributed by atoms with Crippen molar-refractivity contribution in [1.82, 2.24) is 5.32 Å². The van der Waals surface area contributed by atoms with Gasteiger partial charge in [-0.05, 0) is 18.8 Å². The van der Waals surface area contributed by atoms with E-state index in [-0.39, 0.29) is 5.92 Å². The van der Waals surface area contributed by atoms with Crippen molar-refractivity contribution in [1.29, 1.82) is 5.26 Å². The number of hydrogen-bond acceptors (Lipinski definition) is 5. The molecule has 0 bridgehead atoms. The van der Waals surface area contributed by atoms with Crippen LogP contribution >= 0.6 is 0 Å². The molecule has 5 nitrogen and oxygen atoms in total. The van der Waals surface area contributed by atoms with E-state index in [1.807, 2.05) is 0 Å². The lowest BCUT2D eigenvalue weighted by Crippen LogP contribution is -2.33. The van der Waals surface area contributed by atoms with Gasteiger partial charge in [-0.3, -0.25) is 4.99 Å². The number of aliphatic imine (C=N–C) groups is 1. The van der Waals surface area contributed by atoms with E-state index in [0.29, 0.717) is 23.8 Å². The number of amidine groups is 1. The highest BCUT2D eigenvalue weighted by Crippen LogP contribution is 2.26. The zero-order valence-electron chi connectivity index (χ0n) is 9.24. The summed E-state index contributed by atoms with van der Waals surface area (Å²) < 4.78 is 0. The first-order chi connectivity index (χ1) is 7.72. The molecule has 1 atom stereocenters. The smallest absolute Gasteiger partial charge is 0.126 e. The highest BCUT2D eigenvalue weighted by molar-refractivity contribution is 6.00. The lowest BCUT2D eigenvalue weighted by Gasteiger charge is -2.26. The average Bonchev–Trinajstić information content (AvgIpc) is 2.57. The van der Waals surface area contributed by atoms with E-state index in [0.717, 1.165) is 12.5 Å². The van der Waals surface area contributed by atoms with E-state index in [2.05, 4.69) is 16.4 Å². The first-order valence-electron chi connectivity index (χ1n) is 5.65. The Morgan fingerprint density at radius 1 is 1.56 bits per heavy atom. The minimum absolute atomic E-state index is 0.283. The van der Waals surface area contributed by atoms with Crippen molar-refractivity contribution >= 4 is 5.84 Å². The highest BCUT2D eigenvalue weighted by atomic mass is 15.0. The van der Waals surface area contributed by atoms with Gasteiger partial charge in [0.1, 0.15) is 11.7 Å². The summed E-state index contributed by atoms with van der Waals surface area (Å²) in [6.45, 7) is 1.31. The number of nitrogens with one attached hydrogen (secondary N) is 1. The van der Waals surface area contributed by atoms with E-state index < -0.39 is 0 Å². The van der Waals surface area contributed by atoms with Crippen LogP contribution in [-0.4, -0.2) is 18.9 Å². The van der Waals surface area contributed by atoms with Gasteiger partial charge >= 0.3 is 0 Å². The summed E-state index contributed by atoms with van der Waals surface area (Å²) in [4.78, 5) is 4.05. The van der Waals surface area contributed by atoms with E-state index in [1.54, 1.807) is 0 Å². The van der Waals surface area contributed by atoms with Crippen molar-refractivity contribution < 1.29 is 0 Å². The fourth-order valence-corrected chi connectivity index (χ4v) is 2.02. The second-order valence-electron chi connectivity index (χ2n) is 4.41. The topological polar surface area (TPSA) is 100 Å². The fourth-order valence-electron chi connectivity index (χ4n) is 2.02. The van der Waals surface area contributed by atoms with Crippen LogP contribution in [0.4, 0.5) is 0 Å². The van der Waals surface area contributed by atoms with Crippen LogP contribution in [0.1, 0.15) is 19.3 Å². The molecule has 5 N–H and O–H groups in total. The van der Waals surface area contributed by atoms with Gasteiger partial charge in [-0.1, -0.05) is 6.42 Å². The molecule has 2 rings (SSSR count). The Balaban J connectivity index is 2.00. The molecular formula is C11H17N5. The first-order valence-corrected chi connectivity index (χ1v) is 5.65. The third-order valence-corrected chi connectivity index (χ3v) is 3.32. The van der Waals surface area contributed by atoms with Crippen LogP contribution in [0.2, 0.25) is 0 Å². The third-order valence-electron chi connectivity index (χ3n) is 3.32. The van der Waals surface area contributed by atoms with Crippen molar-refractivity contribution in [3.63, 3.8) is 0 Å². The summed E-state index contributed by atoms with van der Waals surface area (Å²) in [5.41, 5.74) is 12.3. The molecule has 0 aromatic heterocycles. The zero-order chi connectivity index (χ0) is 11.5. The van der Waals surface area contributed by atoms with Crippen LogP contribution in [0.15, 0.2) is 16.4 Å². The Morgan fingerprint density at radius 2 is 2.31 bits per heavy atom. The Morgan fingerprint density at radius 3 is 2.88 bits per heavy atom. The average molecular weight is 219 g/mol. The van der Waals surface area contributed by atoms with Gasteiger partial charge in [0.2, 0.25) is 0 Å². The van der Waals surface area contributed by atoms with Gasteiger partial charge in [0.05, 0.1) is 24.1 Å². The Hall–Kier alpha value is -1.70. The van der Waals surface area contributed by atoms with Crippen molar-refractivity contribution in [3.05, 3.63) is 11.4 Å². The maximum absolute atomic E-state index is 8.94. The van der Waals surface area contributed by atoms with Gasteiger partial charge in [0.25, 0.3) is 0 Å². The summed E-state index contributed by atoms with van der Waals surface area (Å²) in [5.74, 6) is 1.37. The number of nitrogens with zero attached hydrogens (tertiary/aromatic N) is 2. The summed E-state index contributed by atoms with van der Waals surface area (Å²) in [5, 5.41) is 12.1. The van der Waals surface area contributed by atoms with Crippen molar-refractivity contribution in [3.8, 4) is 6.07 Å². The van der Waals surface area contributed by atoms with Crippen LogP contribution in [0.5, 0.6) is 0 Å². The van der Waals surface area contributed by atoms with Crippen LogP contribution in [0.25, 0.3) is 0 Å². The molecule has 0 spiro atoms. The molecule has 86 valence electrons. The van der Waals surface area contributed by atoms with E-state index in [4.69, 9.17) is 16.7 Å². The van der Waals surface area contributed by atoms with Gasteiger partial charge < -0.3 is 16.8 Å². The molecule has 0 saturated heterocycles. The molecule has 1 fully saturated rings. The minimum atomic E-state index is -0.283. The van der Waals surface area contributed by atoms with Crippen molar-refractivity contribution in [2.45, 2.75) is 19.3 Å². The fraction of sp³-hybridized carbons (Fsp3) is 0.636. The first kappa shape index (κ1) is 10.8. The Labute approximate surface area is 95.2 Å². The van der Waals surface area contributed by atoms with Gasteiger partial charge in [0, 0.05) is 6.54 Å². The van der Waals surface area contributed by atoms with Gasteiger partial charge in [-0.25, -0.2) is 0 Å². The van der Waals surface area contributed by atoms with Crippen LogP contribution in [-0.2, 0) is 0 Å². The molecule has 1 aliphatic heterocycles. The normalized spacial score (nSPS) is 27.9. The minimum Gasteiger partial charge on any atom is -0.385 e. The zero-order valence-corrected chi connectivity index (χ0v) is 9.24. The monoisotopic (exact) mass is 219 g/mol. The highest BCUT2D eigenvalue weighted by Gasteiger charge is 2.26. The quantitative estimate of drug-likeness (QED) is 0.624. The molecule has 16 heavy (non-hydrogen) atoms. The second kappa shape index (κ2) is 4.44. The molecule has 0 radical (unpaired) electrons. The molecule has 2 aliphatic rings. The molecule has 0 aromatic carbocycles. The van der Waals surface area contributed by atoms with Crippen molar-refractivity contribution in [2.75, 3.05) is 13.1 Å². The number of rotatable bonds is 3. The van der Waals surface area contributed by atoms with Crippen LogP contribution in [0, 0.1) is 23.2 Å². The van der Waals surface area contributed by atoms with Crippen LogP contribution in [0.3, 0.4) is 0 Å². The number of nitrogens with two attached hydrogens (primary N) is 2. The predicted octanol–water partition coefficient (Wildman–Crippen LogP) is 0.0570. The lowest BCUT2D eigenvalue weighted by molar-refractivity contribution is 0.309. The molecule has 1 aliphatic carbocycles. The SMILES string of the molecule is N#CC1CN=C(N)C1=C(N)NCC1CCC1. The molecule has 1 heterocycles. The van der Waals surface area contributed by atoms with Gasteiger partial charge in [-0.15, -0.1) is 0 Å². The summed E-state index contributed by atoms with van der Waals surface area (Å²) in [6.07, 6.45) is 3.84. The molecule has 0 aromatic rings. The molecule has 1 unspecified atom stereocenters. The van der Waals surface area contributed by atoms with E-state index in [1.165, 1.54) is 19.3 Å². The van der Waals surface area contributed by atoms with Gasteiger partial charge in [0.15, 0.2) is 0 Å². The summed E-state index contributed by atoms with van der Waals surface area (Å²) in [6, 6.07) is 2.17. The van der Waals surface area contributed by atoms with E-state index >= 15 is 0 Å². The second-order valence-corrected chi connectivity index (χ2v) is 4.41. The van der Waals surface area contributed by atoms with Crippen molar-refractivity contribution in [2.24, 2.45) is 28.3 Å². The molecule has 1 saturated carbocycles. The lowest BCUT2D eigenvalue weighted by atomic mass is 9.85. The molecular weight excluding hydrogens is 202 g/mol. The largest absolute Gasteiger partial charge is 0.385 e. The number of hydrogen-bond donors (Lipinski definition) is 3. The van der Waals surface area contributed by atoms with E-state index in [9.17, 15) is 0 Å². The standard InChI is InChI=1S/C11H17N5/c12-4-8-6-16-11(14)9(8)10(13)15-5-7-2-1-3-7/h7-8,15H,1-3,5-6,13H2,(H2,14,16). The maximum Gasteiger partial charge on any atom is 0.126 e.